The van der Waals surface area contributed by atoms with Crippen LogP contribution in [0.2, 0.25) is 0 Å². The zero-order valence-corrected chi connectivity index (χ0v) is 19.4. The van der Waals surface area contributed by atoms with Crippen LogP contribution in [0.25, 0.3) is 0 Å². The summed E-state index contributed by atoms with van der Waals surface area (Å²) in [6.45, 7) is 0. The fourth-order valence-electron chi connectivity index (χ4n) is 0. The van der Waals surface area contributed by atoms with Gasteiger partial charge < -0.3 is 27.4 Å². The molecular formula is H10Mg3O16Si4. The fraction of sp³-hybridized carbons (Fsp3) is 0. The molecule has 128 valence electrons. The number of hydrogen-bond donors (Lipinski definition) is 0. The Morgan fingerprint density at radius 3 is 0.304 bits per heavy atom. The molecule has 0 heterocycles. The quantitative estimate of drug-likeness (QED) is 0.311. The van der Waals surface area contributed by atoms with E-state index in [1.807, 2.05) is 0 Å². The second kappa shape index (κ2) is 475. The summed E-state index contributed by atoms with van der Waals surface area (Å²) < 4.78 is 92.1. The van der Waals surface area contributed by atoms with Crippen LogP contribution in [0.1, 0.15) is 0 Å². The van der Waals surface area contributed by atoms with Crippen molar-refractivity contribution >= 4 is 102 Å². The average molecular weight is 451 g/mol. The van der Waals surface area contributed by atoms with Crippen molar-refractivity contribution in [1.82, 2.24) is 0 Å². The average Bonchev–Trinajstić information content (AvgIpc) is 2.40. The third kappa shape index (κ3) is 16700. The zero-order chi connectivity index (χ0) is 16.8. The van der Waals surface area contributed by atoms with Crippen LogP contribution >= 0.6 is 0 Å². The van der Waals surface area contributed by atoms with E-state index in [1.165, 1.54) is 0 Å². The Morgan fingerprint density at radius 1 is 0.304 bits per heavy atom. The van der Waals surface area contributed by atoms with Crippen LogP contribution in [-0.4, -0.2) is 130 Å². The Hall–Kier alpha value is 0.766. The van der Waals surface area contributed by atoms with Crippen LogP contribution in [0.3, 0.4) is 0 Å². The van der Waals surface area contributed by atoms with Crippen LogP contribution in [0.5, 0.6) is 0 Å². The molecule has 0 fully saturated rings. The summed E-state index contributed by atoms with van der Waals surface area (Å²) in [5, 5.41) is 0. The van der Waals surface area contributed by atoms with Gasteiger partial charge in [0.1, 0.15) is 0 Å². The van der Waals surface area contributed by atoms with Gasteiger partial charge in [-0.1, -0.05) is 0 Å². The summed E-state index contributed by atoms with van der Waals surface area (Å²) in [5.41, 5.74) is 0. The van der Waals surface area contributed by atoms with Gasteiger partial charge in [0, 0.05) is 0 Å². The monoisotopic (exact) mass is 450 g/mol. The zero-order valence-electron chi connectivity index (χ0n) is 11.1. The van der Waals surface area contributed by atoms with Gasteiger partial charge in [-0.15, -0.1) is 0 Å². The minimum atomic E-state index is -1.42. The van der Waals surface area contributed by atoms with Gasteiger partial charge in [-0.25, -0.2) is 0 Å². The molecule has 0 rings (SSSR count). The van der Waals surface area contributed by atoms with Gasteiger partial charge in [-0.3, -0.25) is 35.7 Å². The number of rotatable bonds is 0. The molecule has 0 amide bonds. The van der Waals surface area contributed by atoms with Crippen molar-refractivity contribution in [1.29, 1.82) is 0 Å². The van der Waals surface area contributed by atoms with Crippen LogP contribution in [-0.2, 0) is 45.2 Å². The van der Waals surface area contributed by atoms with E-state index in [0.29, 0.717) is 65.1 Å². The first-order valence-corrected chi connectivity index (χ1v) is 7.50. The summed E-state index contributed by atoms with van der Waals surface area (Å²) in [6, 6.07) is 0. The van der Waals surface area contributed by atoms with Crippen LogP contribution in [0.15, 0.2) is 0 Å². The second-order valence-electron chi connectivity index (χ2n) is 0.333. The molecule has 23 heteroatoms. The molecule has 0 saturated heterocycles. The van der Waals surface area contributed by atoms with Gasteiger partial charge in [-0.2, -0.15) is 0 Å². The Kier molecular flexibility index (Phi) is 1840. The predicted octanol–water partition coefficient (Wildman–Crippen LogP) is -8.10. The standard InChI is InChI=1S/3Mg.4O2Si.5H2O.3O/c;;;4*1-3-2;;;;;;;;/h;;;;;;;5*1H2;;;. The summed E-state index contributed by atoms with van der Waals surface area (Å²) in [6.07, 6.45) is 0. The summed E-state index contributed by atoms with van der Waals surface area (Å²) in [5.74, 6) is 0. The summed E-state index contributed by atoms with van der Waals surface area (Å²) >= 11 is 1.83. The molecule has 0 unspecified atom stereocenters. The molecule has 10 N–H and O–H groups in total. The Balaban J connectivity index is -0.00000000597. The van der Waals surface area contributed by atoms with Crippen molar-refractivity contribution < 1.29 is 72.6 Å². The third-order valence-electron chi connectivity index (χ3n) is 0. The first-order chi connectivity index (χ1) is 8.66. The Morgan fingerprint density at radius 2 is 0.304 bits per heavy atom. The van der Waals surface area contributed by atoms with Gasteiger partial charge in [0.2, 0.25) is 0 Å². The van der Waals surface area contributed by atoms with E-state index in [0.717, 1.165) is 0 Å². The molecule has 0 saturated carbocycles. The Bertz CT molecular complexity index is 191. The number of hydrogen-bond acceptors (Lipinski definition) is 11. The van der Waals surface area contributed by atoms with E-state index in [4.69, 9.17) is 45.2 Å². The maximum atomic E-state index is 8.40. The Labute approximate surface area is 173 Å². The molecule has 0 aromatic heterocycles. The van der Waals surface area contributed by atoms with E-state index in [2.05, 4.69) is 0 Å². The van der Waals surface area contributed by atoms with Crippen LogP contribution < -0.4 is 0 Å². The molecular weight excluding hydrogens is 441 g/mol. The van der Waals surface area contributed by atoms with Crippen molar-refractivity contribution in [2.75, 3.05) is 0 Å². The van der Waals surface area contributed by atoms with Gasteiger partial charge >= 0.3 is 112 Å². The van der Waals surface area contributed by atoms with E-state index in [9.17, 15) is 0 Å². The summed E-state index contributed by atoms with van der Waals surface area (Å²) in [4.78, 5) is 0. The predicted molar refractivity (Wildman–Crippen MR) is 65.9 cm³/mol. The molecule has 0 aromatic carbocycles. The molecule has 0 aliphatic heterocycles. The van der Waals surface area contributed by atoms with Crippen molar-refractivity contribution in [2.45, 2.75) is 0 Å². The molecule has 0 spiro atoms. The molecule has 0 bridgehead atoms. The van der Waals surface area contributed by atoms with Gasteiger partial charge in [-0.05, 0) is 0 Å². The van der Waals surface area contributed by atoms with Gasteiger partial charge in [0.25, 0.3) is 0 Å². The van der Waals surface area contributed by atoms with Gasteiger partial charge in [0.15, 0.2) is 0 Å². The van der Waals surface area contributed by atoms with Crippen molar-refractivity contribution in [3.05, 3.63) is 0 Å². The molecule has 0 aliphatic rings. The topological polar surface area (TPSA) is 345 Å². The van der Waals surface area contributed by atoms with E-state index in [-0.39, 0.29) is 27.4 Å². The third-order valence-corrected chi connectivity index (χ3v) is 0. The second-order valence-corrected chi connectivity index (χ2v) is 1.00. The molecule has 0 aromatic rings. The van der Waals surface area contributed by atoms with Crippen molar-refractivity contribution in [3.63, 3.8) is 0 Å². The van der Waals surface area contributed by atoms with Crippen LogP contribution in [0.4, 0.5) is 0 Å². The van der Waals surface area contributed by atoms with E-state index >= 15 is 0 Å². The molecule has 0 radical (unpaired) electrons. The first kappa shape index (κ1) is 89.0. The summed E-state index contributed by atoms with van der Waals surface area (Å²) in [7, 11) is -5.67. The van der Waals surface area contributed by atoms with Gasteiger partial charge in [0.05, 0.1) is 0 Å². The van der Waals surface area contributed by atoms with E-state index < -0.39 is 37.2 Å². The van der Waals surface area contributed by atoms with E-state index in [1.54, 1.807) is 0 Å². The molecule has 0 atom stereocenters. The molecule has 0 aliphatic carbocycles. The minimum absolute atomic E-state index is 0. The van der Waals surface area contributed by atoms with Crippen molar-refractivity contribution in [2.24, 2.45) is 0 Å². The molecule has 16 nitrogen and oxygen atoms in total. The SMILES string of the molecule is O.O.O.O.O.O=[Si]=O.O=[Si]=O.O=[Si]=O.O=[Si]=O.[O]=[Mg].[O]=[Mg].[O]=[Mg]. The van der Waals surface area contributed by atoms with Crippen molar-refractivity contribution in [3.8, 4) is 0 Å². The maximum absolute atomic E-state index is 8.40. The first-order valence-electron chi connectivity index (χ1n) is 2.50. The van der Waals surface area contributed by atoms with Crippen LogP contribution in [0, 0.1) is 0 Å². The normalized spacial score (nSPS) is 2.17. The molecule has 23 heavy (non-hydrogen) atoms. The fourth-order valence-corrected chi connectivity index (χ4v) is 0.